The van der Waals surface area contributed by atoms with E-state index in [0.29, 0.717) is 5.88 Å². The first-order chi connectivity index (χ1) is 8.88. The number of furan rings is 1. The highest BCUT2D eigenvalue weighted by molar-refractivity contribution is 6.17. The van der Waals surface area contributed by atoms with Crippen LogP contribution >= 0.6 is 11.6 Å². The lowest BCUT2D eigenvalue weighted by Gasteiger charge is -2.06. The van der Waals surface area contributed by atoms with Gasteiger partial charge >= 0.3 is 0 Å². The molecule has 0 fully saturated rings. The Bertz CT molecular complexity index is 645. The highest BCUT2D eigenvalue weighted by atomic mass is 35.5. The molecule has 0 aromatic carbocycles. The van der Waals surface area contributed by atoms with Crippen molar-refractivity contribution < 1.29 is 4.42 Å². The molecule has 0 saturated heterocycles. The third-order valence-electron chi connectivity index (χ3n) is 2.87. The van der Waals surface area contributed by atoms with Gasteiger partial charge in [-0.25, -0.2) is 4.98 Å². The molecule has 0 unspecified atom stereocenters. The van der Waals surface area contributed by atoms with Crippen molar-refractivity contribution >= 4 is 22.6 Å². The largest absolute Gasteiger partial charge is 0.472 e. The Kier molecular flexibility index (Phi) is 3.02. The number of nitrogens with zero attached hydrogens (tertiary/aromatic N) is 3. The number of hydrogen-bond acceptors (Lipinski definition) is 3. The van der Waals surface area contributed by atoms with Gasteiger partial charge in [0.15, 0.2) is 0 Å². The van der Waals surface area contributed by atoms with E-state index in [1.54, 1.807) is 24.9 Å². The molecule has 0 aliphatic carbocycles. The van der Waals surface area contributed by atoms with Gasteiger partial charge in [0, 0.05) is 24.1 Å². The standard InChI is InChI=1S/C13H12ClN3O/c14-4-1-13-16-11-7-15-5-2-12(11)17(13)8-10-3-6-18-9-10/h2-3,5-7,9H,1,4,8H2. The quantitative estimate of drug-likeness (QED) is 0.679. The van der Waals surface area contributed by atoms with Crippen molar-refractivity contribution in [1.29, 1.82) is 0 Å². The number of rotatable bonds is 4. The van der Waals surface area contributed by atoms with Gasteiger partial charge < -0.3 is 8.98 Å². The molecule has 3 heterocycles. The zero-order valence-corrected chi connectivity index (χ0v) is 10.5. The monoisotopic (exact) mass is 261 g/mol. The van der Waals surface area contributed by atoms with Gasteiger partial charge in [0.25, 0.3) is 0 Å². The predicted molar refractivity (Wildman–Crippen MR) is 69.8 cm³/mol. The molecule has 0 radical (unpaired) electrons. The Balaban J connectivity index is 2.09. The average Bonchev–Trinajstić information content (AvgIpc) is 3.00. The summed E-state index contributed by atoms with van der Waals surface area (Å²) in [4.78, 5) is 8.67. The molecule has 0 amide bonds. The van der Waals surface area contributed by atoms with Crippen LogP contribution < -0.4 is 0 Å². The molecular formula is C13H12ClN3O. The lowest BCUT2D eigenvalue weighted by atomic mass is 10.3. The van der Waals surface area contributed by atoms with E-state index in [2.05, 4.69) is 14.5 Å². The molecule has 0 spiro atoms. The summed E-state index contributed by atoms with van der Waals surface area (Å²) in [6.07, 6.45) is 7.72. The molecular weight excluding hydrogens is 250 g/mol. The van der Waals surface area contributed by atoms with Gasteiger partial charge in [-0.05, 0) is 12.1 Å². The highest BCUT2D eigenvalue weighted by Crippen LogP contribution is 2.18. The second-order valence-electron chi connectivity index (χ2n) is 4.05. The summed E-state index contributed by atoms with van der Waals surface area (Å²) >= 11 is 5.83. The maximum Gasteiger partial charge on any atom is 0.111 e. The Hall–Kier alpha value is -1.81. The fourth-order valence-electron chi connectivity index (χ4n) is 2.05. The minimum Gasteiger partial charge on any atom is -0.472 e. The number of imidazole rings is 1. The maximum absolute atomic E-state index is 5.83. The van der Waals surface area contributed by atoms with Crippen LogP contribution in [0.2, 0.25) is 0 Å². The summed E-state index contributed by atoms with van der Waals surface area (Å²) in [6, 6.07) is 3.93. The predicted octanol–water partition coefficient (Wildman–Crippen LogP) is 2.85. The van der Waals surface area contributed by atoms with Crippen LogP contribution in [0.1, 0.15) is 11.4 Å². The third-order valence-corrected chi connectivity index (χ3v) is 3.06. The van der Waals surface area contributed by atoms with Crippen LogP contribution in [0.25, 0.3) is 11.0 Å². The van der Waals surface area contributed by atoms with Gasteiger partial charge in [-0.3, -0.25) is 4.98 Å². The third kappa shape index (κ3) is 1.99. The summed E-state index contributed by atoms with van der Waals surface area (Å²) in [5.74, 6) is 1.54. The van der Waals surface area contributed by atoms with Crippen molar-refractivity contribution in [2.24, 2.45) is 0 Å². The lowest BCUT2D eigenvalue weighted by Crippen LogP contribution is -2.05. The fourth-order valence-corrected chi connectivity index (χ4v) is 2.22. The van der Waals surface area contributed by atoms with Crippen LogP contribution in [0, 0.1) is 0 Å². The van der Waals surface area contributed by atoms with Gasteiger partial charge in [0.2, 0.25) is 0 Å². The molecule has 5 heteroatoms. The molecule has 0 bridgehead atoms. The van der Waals surface area contributed by atoms with Gasteiger partial charge in [-0.15, -0.1) is 11.6 Å². The first-order valence-corrected chi connectivity index (χ1v) is 6.28. The summed E-state index contributed by atoms with van der Waals surface area (Å²) < 4.78 is 7.26. The molecule has 3 rings (SSSR count). The Morgan fingerprint density at radius 3 is 3.06 bits per heavy atom. The Morgan fingerprint density at radius 1 is 1.33 bits per heavy atom. The van der Waals surface area contributed by atoms with Crippen LogP contribution in [0.15, 0.2) is 41.5 Å². The molecule has 0 aliphatic rings. The minimum atomic E-state index is 0.558. The second-order valence-corrected chi connectivity index (χ2v) is 4.43. The van der Waals surface area contributed by atoms with E-state index < -0.39 is 0 Å². The van der Waals surface area contributed by atoms with E-state index in [4.69, 9.17) is 16.0 Å². The molecule has 0 atom stereocenters. The van der Waals surface area contributed by atoms with Crippen LogP contribution in [0.5, 0.6) is 0 Å². The highest BCUT2D eigenvalue weighted by Gasteiger charge is 2.10. The summed E-state index contributed by atoms with van der Waals surface area (Å²) in [6.45, 7) is 0.739. The van der Waals surface area contributed by atoms with E-state index in [9.17, 15) is 0 Å². The first-order valence-electron chi connectivity index (χ1n) is 5.74. The maximum atomic E-state index is 5.83. The van der Waals surface area contributed by atoms with Crippen molar-refractivity contribution in [2.45, 2.75) is 13.0 Å². The average molecular weight is 262 g/mol. The topological polar surface area (TPSA) is 43.9 Å². The molecule has 92 valence electrons. The van der Waals surface area contributed by atoms with E-state index in [0.717, 1.165) is 35.4 Å². The van der Waals surface area contributed by atoms with Crippen LogP contribution in [-0.2, 0) is 13.0 Å². The summed E-state index contributed by atoms with van der Waals surface area (Å²) in [5.41, 5.74) is 3.09. The van der Waals surface area contributed by atoms with Gasteiger partial charge in [0.1, 0.15) is 11.3 Å². The first kappa shape index (κ1) is 11.3. The number of aromatic nitrogens is 3. The SMILES string of the molecule is ClCCc1nc2cnccc2n1Cc1ccoc1. The van der Waals surface area contributed by atoms with Crippen LogP contribution in [0.3, 0.4) is 0 Å². The molecule has 18 heavy (non-hydrogen) atoms. The van der Waals surface area contributed by atoms with E-state index in [-0.39, 0.29) is 0 Å². The number of fused-ring (bicyclic) bond motifs is 1. The van der Waals surface area contributed by atoms with Crippen molar-refractivity contribution in [3.63, 3.8) is 0 Å². The summed E-state index contributed by atoms with van der Waals surface area (Å²) in [7, 11) is 0. The lowest BCUT2D eigenvalue weighted by molar-refractivity contribution is 0.562. The Labute approximate surface area is 109 Å². The number of halogens is 1. The van der Waals surface area contributed by atoms with Crippen LogP contribution in [0.4, 0.5) is 0 Å². The molecule has 4 nitrogen and oxygen atoms in total. The number of aryl methyl sites for hydroxylation is 1. The van der Waals surface area contributed by atoms with Crippen molar-refractivity contribution in [2.75, 3.05) is 5.88 Å². The van der Waals surface area contributed by atoms with Gasteiger partial charge in [0.05, 0.1) is 30.8 Å². The normalized spacial score (nSPS) is 11.2. The van der Waals surface area contributed by atoms with E-state index in [1.807, 2.05) is 12.1 Å². The van der Waals surface area contributed by atoms with Crippen LogP contribution in [-0.4, -0.2) is 20.4 Å². The molecule has 0 aliphatic heterocycles. The summed E-state index contributed by atoms with van der Waals surface area (Å²) in [5, 5.41) is 0. The zero-order valence-electron chi connectivity index (χ0n) is 9.71. The molecule has 0 saturated carbocycles. The van der Waals surface area contributed by atoms with E-state index >= 15 is 0 Å². The van der Waals surface area contributed by atoms with Gasteiger partial charge in [-0.2, -0.15) is 0 Å². The van der Waals surface area contributed by atoms with Gasteiger partial charge in [-0.1, -0.05) is 0 Å². The van der Waals surface area contributed by atoms with Crippen molar-refractivity contribution in [1.82, 2.24) is 14.5 Å². The minimum absolute atomic E-state index is 0.558. The zero-order chi connectivity index (χ0) is 12.4. The Morgan fingerprint density at radius 2 is 2.28 bits per heavy atom. The van der Waals surface area contributed by atoms with Crippen molar-refractivity contribution in [3.05, 3.63) is 48.4 Å². The number of hydrogen-bond donors (Lipinski definition) is 0. The number of pyridine rings is 1. The smallest absolute Gasteiger partial charge is 0.111 e. The molecule has 3 aromatic rings. The fraction of sp³-hybridized carbons (Fsp3) is 0.231. The van der Waals surface area contributed by atoms with E-state index in [1.165, 1.54) is 0 Å². The second kappa shape index (κ2) is 4.82. The molecule has 3 aromatic heterocycles. The number of alkyl halides is 1. The molecule has 0 N–H and O–H groups in total. The van der Waals surface area contributed by atoms with Crippen molar-refractivity contribution in [3.8, 4) is 0 Å².